The molecule has 5 heteroatoms. The van der Waals surface area contributed by atoms with Crippen molar-refractivity contribution in [1.82, 2.24) is 10.6 Å². The Morgan fingerprint density at radius 3 is 1.95 bits per heavy atom. The highest BCUT2D eigenvalue weighted by molar-refractivity contribution is 5.87. The van der Waals surface area contributed by atoms with E-state index in [0.29, 0.717) is 19.3 Å². The van der Waals surface area contributed by atoms with E-state index in [2.05, 4.69) is 10.6 Å². The zero-order chi connectivity index (χ0) is 15.3. The zero-order valence-electron chi connectivity index (χ0n) is 13.0. The average molecular weight is 296 g/mol. The lowest BCUT2D eigenvalue weighted by Crippen LogP contribution is -2.58. The molecule has 2 saturated carbocycles. The lowest BCUT2D eigenvalue weighted by Gasteiger charge is -2.39. The molecule has 0 radical (unpaired) electrons. The fourth-order valence-electron chi connectivity index (χ4n) is 3.91. The molecular weight excluding hydrogens is 268 g/mol. The van der Waals surface area contributed by atoms with Crippen molar-refractivity contribution in [2.24, 2.45) is 0 Å². The minimum Gasteiger partial charge on any atom is -0.480 e. The average Bonchev–Trinajstić information content (AvgIpc) is 2.48. The second-order valence-corrected chi connectivity index (χ2v) is 6.76. The first kappa shape index (κ1) is 16.3. The summed E-state index contributed by atoms with van der Waals surface area (Å²) in [5.41, 5.74) is -1.17. The van der Waals surface area contributed by atoms with Gasteiger partial charge in [-0.15, -0.1) is 0 Å². The first-order valence-electron chi connectivity index (χ1n) is 8.25. The van der Waals surface area contributed by atoms with Crippen LogP contribution in [-0.4, -0.2) is 35.1 Å². The Morgan fingerprint density at radius 2 is 1.48 bits per heavy atom. The van der Waals surface area contributed by atoms with Gasteiger partial charge in [0.2, 0.25) is 5.91 Å². The fraction of sp³-hybridized carbons (Fsp3) is 0.875. The van der Waals surface area contributed by atoms with Crippen molar-refractivity contribution >= 4 is 11.9 Å². The topological polar surface area (TPSA) is 78.4 Å². The van der Waals surface area contributed by atoms with Crippen LogP contribution in [0.1, 0.15) is 70.6 Å². The number of nitrogens with one attached hydrogen (secondary N) is 2. The highest BCUT2D eigenvalue weighted by Crippen LogP contribution is 2.32. The largest absolute Gasteiger partial charge is 0.480 e. The fourth-order valence-corrected chi connectivity index (χ4v) is 3.91. The van der Waals surface area contributed by atoms with Crippen LogP contribution in [0.5, 0.6) is 0 Å². The van der Waals surface area contributed by atoms with Gasteiger partial charge in [-0.1, -0.05) is 38.5 Å². The third-order valence-corrected chi connectivity index (χ3v) is 5.34. The summed E-state index contributed by atoms with van der Waals surface area (Å²) in [4.78, 5) is 24.1. The maximum absolute atomic E-state index is 12.4. The molecule has 0 aliphatic heterocycles. The molecule has 120 valence electrons. The summed E-state index contributed by atoms with van der Waals surface area (Å²) in [5, 5.41) is 15.7. The molecule has 21 heavy (non-hydrogen) atoms. The summed E-state index contributed by atoms with van der Waals surface area (Å²) >= 11 is 0. The van der Waals surface area contributed by atoms with Crippen molar-refractivity contribution in [2.75, 3.05) is 7.05 Å². The molecule has 0 bridgehead atoms. The molecule has 0 aromatic rings. The minimum atomic E-state index is -1.03. The van der Waals surface area contributed by atoms with Crippen LogP contribution in [0.4, 0.5) is 0 Å². The van der Waals surface area contributed by atoms with Gasteiger partial charge >= 0.3 is 5.97 Å². The first-order chi connectivity index (χ1) is 10.0. The Balaban J connectivity index is 2.00. The van der Waals surface area contributed by atoms with Gasteiger partial charge in [0.05, 0.1) is 0 Å². The van der Waals surface area contributed by atoms with E-state index in [1.54, 1.807) is 0 Å². The molecule has 2 rings (SSSR count). The summed E-state index contributed by atoms with van der Waals surface area (Å²) in [6, 6.07) is 0. The number of hydrogen-bond donors (Lipinski definition) is 3. The predicted octanol–water partition coefficient (Wildman–Crippen LogP) is 2.20. The lowest BCUT2D eigenvalue weighted by atomic mass is 9.78. The molecule has 1 amide bonds. The standard InChI is InChI=1S/C16H28N2O3/c1-17-15(8-4-2-5-9-15)12-13(19)18-16(14(20)21)10-6-3-7-11-16/h17H,2-12H2,1H3,(H,18,19)(H,20,21). The minimum absolute atomic E-state index is 0.115. The first-order valence-corrected chi connectivity index (χ1v) is 8.25. The Kier molecular flexibility index (Phi) is 5.25. The van der Waals surface area contributed by atoms with Crippen LogP contribution in [0, 0.1) is 0 Å². The third-order valence-electron chi connectivity index (χ3n) is 5.34. The lowest BCUT2D eigenvalue weighted by molar-refractivity contribution is -0.149. The molecule has 0 saturated heterocycles. The molecule has 3 N–H and O–H groups in total. The summed E-state index contributed by atoms with van der Waals surface area (Å²) < 4.78 is 0. The number of hydrogen-bond acceptors (Lipinski definition) is 3. The molecule has 0 unspecified atom stereocenters. The van der Waals surface area contributed by atoms with Gasteiger partial charge in [0.25, 0.3) is 0 Å². The van der Waals surface area contributed by atoms with E-state index < -0.39 is 11.5 Å². The third kappa shape index (κ3) is 3.76. The molecule has 2 aliphatic carbocycles. The molecule has 0 atom stereocenters. The van der Waals surface area contributed by atoms with Crippen LogP contribution in [0.15, 0.2) is 0 Å². The van der Waals surface area contributed by atoms with Crippen molar-refractivity contribution in [3.8, 4) is 0 Å². The molecule has 0 spiro atoms. The molecule has 2 aliphatic rings. The smallest absolute Gasteiger partial charge is 0.329 e. The van der Waals surface area contributed by atoms with Crippen LogP contribution in [-0.2, 0) is 9.59 Å². The molecule has 5 nitrogen and oxygen atoms in total. The number of carboxylic acids is 1. The number of rotatable bonds is 5. The monoisotopic (exact) mass is 296 g/mol. The van der Waals surface area contributed by atoms with Crippen molar-refractivity contribution in [2.45, 2.75) is 81.7 Å². The predicted molar refractivity (Wildman–Crippen MR) is 81.1 cm³/mol. The van der Waals surface area contributed by atoms with Crippen LogP contribution in [0.2, 0.25) is 0 Å². The van der Waals surface area contributed by atoms with Crippen molar-refractivity contribution < 1.29 is 14.7 Å². The van der Waals surface area contributed by atoms with E-state index in [1.807, 2.05) is 7.05 Å². The van der Waals surface area contributed by atoms with Gasteiger partial charge in [-0.3, -0.25) is 4.79 Å². The highest BCUT2D eigenvalue weighted by atomic mass is 16.4. The second kappa shape index (κ2) is 6.77. The van der Waals surface area contributed by atoms with E-state index in [0.717, 1.165) is 44.9 Å². The van der Waals surface area contributed by atoms with Crippen LogP contribution >= 0.6 is 0 Å². The molecule has 0 aromatic carbocycles. The Morgan fingerprint density at radius 1 is 0.952 bits per heavy atom. The van der Waals surface area contributed by atoms with E-state index in [4.69, 9.17) is 0 Å². The Hall–Kier alpha value is -1.10. The van der Waals surface area contributed by atoms with E-state index in [9.17, 15) is 14.7 Å². The van der Waals surface area contributed by atoms with Gasteiger partial charge < -0.3 is 15.7 Å². The Bertz CT molecular complexity index is 383. The number of amides is 1. The van der Waals surface area contributed by atoms with Crippen LogP contribution < -0.4 is 10.6 Å². The number of aliphatic carboxylic acids is 1. The van der Waals surface area contributed by atoms with Crippen molar-refractivity contribution in [3.63, 3.8) is 0 Å². The van der Waals surface area contributed by atoms with Crippen LogP contribution in [0.25, 0.3) is 0 Å². The van der Waals surface area contributed by atoms with Crippen molar-refractivity contribution in [3.05, 3.63) is 0 Å². The quantitative estimate of drug-likeness (QED) is 0.727. The summed E-state index contributed by atoms with van der Waals surface area (Å²) in [6.45, 7) is 0. The van der Waals surface area contributed by atoms with Gasteiger partial charge in [-0.2, -0.15) is 0 Å². The molecule has 2 fully saturated rings. The van der Waals surface area contributed by atoms with Gasteiger partial charge in [0.15, 0.2) is 0 Å². The number of carbonyl (C=O) groups is 2. The van der Waals surface area contributed by atoms with Gasteiger partial charge in [0, 0.05) is 12.0 Å². The molecular formula is C16H28N2O3. The number of carboxylic acid groups (broad SMARTS) is 1. The van der Waals surface area contributed by atoms with E-state index in [-0.39, 0.29) is 11.4 Å². The number of carbonyl (C=O) groups excluding carboxylic acids is 1. The van der Waals surface area contributed by atoms with Gasteiger partial charge in [0.1, 0.15) is 5.54 Å². The highest BCUT2D eigenvalue weighted by Gasteiger charge is 2.42. The summed E-state index contributed by atoms with van der Waals surface area (Å²) in [5.74, 6) is -0.992. The summed E-state index contributed by atoms with van der Waals surface area (Å²) in [6.07, 6.45) is 9.81. The second-order valence-electron chi connectivity index (χ2n) is 6.76. The van der Waals surface area contributed by atoms with Crippen molar-refractivity contribution in [1.29, 1.82) is 0 Å². The summed E-state index contributed by atoms with van der Waals surface area (Å²) in [7, 11) is 1.91. The van der Waals surface area contributed by atoms with Gasteiger partial charge in [-0.25, -0.2) is 4.79 Å². The SMILES string of the molecule is CNC1(CC(=O)NC2(C(=O)O)CCCCC2)CCCCC1. The van der Waals surface area contributed by atoms with E-state index in [1.165, 1.54) is 6.42 Å². The maximum atomic E-state index is 12.4. The van der Waals surface area contributed by atoms with Gasteiger partial charge in [-0.05, 0) is 32.7 Å². The Labute approximate surface area is 126 Å². The van der Waals surface area contributed by atoms with E-state index >= 15 is 0 Å². The normalized spacial score (nSPS) is 24.2. The maximum Gasteiger partial charge on any atom is 0.329 e. The molecule has 0 heterocycles. The van der Waals surface area contributed by atoms with Crippen LogP contribution in [0.3, 0.4) is 0 Å². The zero-order valence-corrected chi connectivity index (χ0v) is 13.0. The molecule has 0 aromatic heterocycles.